The van der Waals surface area contributed by atoms with Crippen LogP contribution in [-0.2, 0) is 16.6 Å². The third kappa shape index (κ3) is 3.31. The summed E-state index contributed by atoms with van der Waals surface area (Å²) in [5.74, 6) is -1.00. The Labute approximate surface area is 125 Å². The lowest BCUT2D eigenvalue weighted by Gasteiger charge is -2.10. The summed E-state index contributed by atoms with van der Waals surface area (Å²) < 4.78 is 45.2. The summed E-state index contributed by atoms with van der Waals surface area (Å²) in [4.78, 5) is 4.57. The van der Waals surface area contributed by atoms with Crippen LogP contribution in [-0.4, -0.2) is 20.5 Å². The van der Waals surface area contributed by atoms with E-state index in [-0.39, 0.29) is 22.9 Å². The van der Waals surface area contributed by atoms with Crippen LogP contribution in [0.4, 0.5) is 10.1 Å². The lowest BCUT2D eigenvalue weighted by molar-refractivity contribution is 0.388. The predicted octanol–water partition coefficient (Wildman–Crippen LogP) is 1.66. The van der Waals surface area contributed by atoms with E-state index >= 15 is 0 Å². The second kappa shape index (κ2) is 5.96. The fraction of sp³-hybridized carbons (Fsp3) is 0.250. The number of aromatic nitrogens is 1. The first kappa shape index (κ1) is 15.7. The molecule has 1 aromatic carbocycles. The Morgan fingerprint density at radius 1 is 1.48 bits per heavy atom. The van der Waals surface area contributed by atoms with Gasteiger partial charge in [-0.1, -0.05) is 0 Å². The highest BCUT2D eigenvalue weighted by Gasteiger charge is 2.19. The monoisotopic (exact) mass is 331 g/mol. The number of hydrogen-bond donors (Lipinski definition) is 2. The molecule has 1 heterocycles. The van der Waals surface area contributed by atoms with E-state index < -0.39 is 15.8 Å². The molecule has 21 heavy (non-hydrogen) atoms. The van der Waals surface area contributed by atoms with Crippen LogP contribution in [0.25, 0.3) is 0 Å². The van der Waals surface area contributed by atoms with Crippen molar-refractivity contribution >= 4 is 27.0 Å². The Kier molecular flexibility index (Phi) is 4.45. The molecule has 0 atom stereocenters. The minimum absolute atomic E-state index is 0.0770. The third-order valence-corrected chi connectivity index (χ3v) is 5.14. The molecule has 2 rings (SSSR count). The number of ether oxygens (including phenoxy) is 1. The van der Waals surface area contributed by atoms with Gasteiger partial charge in [0.15, 0.2) is 11.6 Å². The Morgan fingerprint density at radius 2 is 2.19 bits per heavy atom. The standard InChI is InChI=1S/C12H14FN3O3S2/c1-7-11(20-6-15-7)5-16-21(17,18)8-3-9(13)12(19-2)10(14)4-8/h3-4,6,16H,5,14H2,1-2H3. The van der Waals surface area contributed by atoms with Gasteiger partial charge in [-0.25, -0.2) is 22.5 Å². The highest BCUT2D eigenvalue weighted by atomic mass is 32.2. The van der Waals surface area contributed by atoms with Crippen LogP contribution in [0.3, 0.4) is 0 Å². The zero-order chi connectivity index (χ0) is 15.6. The molecule has 1 aromatic heterocycles. The van der Waals surface area contributed by atoms with Gasteiger partial charge in [-0.05, 0) is 19.1 Å². The van der Waals surface area contributed by atoms with Gasteiger partial charge in [-0.2, -0.15) is 0 Å². The fourth-order valence-corrected chi connectivity index (χ4v) is 3.55. The molecule has 2 aromatic rings. The van der Waals surface area contributed by atoms with Gasteiger partial charge in [0.25, 0.3) is 0 Å². The quantitative estimate of drug-likeness (QED) is 0.813. The molecule has 0 radical (unpaired) electrons. The van der Waals surface area contributed by atoms with Crippen LogP contribution in [0, 0.1) is 12.7 Å². The van der Waals surface area contributed by atoms with Gasteiger partial charge in [0.1, 0.15) is 0 Å². The van der Waals surface area contributed by atoms with Crippen LogP contribution in [0.2, 0.25) is 0 Å². The van der Waals surface area contributed by atoms with E-state index in [1.54, 1.807) is 12.4 Å². The van der Waals surface area contributed by atoms with Gasteiger partial charge in [0.05, 0.1) is 28.9 Å². The van der Waals surface area contributed by atoms with Gasteiger partial charge in [0.2, 0.25) is 10.0 Å². The van der Waals surface area contributed by atoms with E-state index in [1.165, 1.54) is 18.4 Å². The van der Waals surface area contributed by atoms with Crippen molar-refractivity contribution in [2.24, 2.45) is 0 Å². The van der Waals surface area contributed by atoms with Crippen molar-refractivity contribution in [1.29, 1.82) is 0 Å². The lowest BCUT2D eigenvalue weighted by Crippen LogP contribution is -2.23. The number of thiazole rings is 1. The van der Waals surface area contributed by atoms with Crippen molar-refractivity contribution in [2.75, 3.05) is 12.8 Å². The number of benzene rings is 1. The summed E-state index contributed by atoms with van der Waals surface area (Å²) in [5.41, 5.74) is 7.88. The normalized spacial score (nSPS) is 11.6. The Balaban J connectivity index is 2.26. The lowest BCUT2D eigenvalue weighted by atomic mass is 10.3. The number of hydrogen-bond acceptors (Lipinski definition) is 6. The zero-order valence-electron chi connectivity index (χ0n) is 11.4. The first-order chi connectivity index (χ1) is 9.85. The number of aryl methyl sites for hydroxylation is 1. The molecule has 0 aliphatic rings. The molecule has 0 aliphatic heterocycles. The minimum Gasteiger partial charge on any atom is -0.492 e. The average Bonchev–Trinajstić information content (AvgIpc) is 2.81. The number of methoxy groups -OCH3 is 1. The first-order valence-corrected chi connectivity index (χ1v) is 8.23. The topological polar surface area (TPSA) is 94.3 Å². The smallest absolute Gasteiger partial charge is 0.241 e. The molecule has 0 saturated heterocycles. The summed E-state index contributed by atoms with van der Waals surface area (Å²) >= 11 is 1.34. The molecule has 9 heteroatoms. The van der Waals surface area contributed by atoms with Gasteiger partial charge >= 0.3 is 0 Å². The summed E-state index contributed by atoms with van der Waals surface area (Å²) in [7, 11) is -2.61. The number of rotatable bonds is 5. The molecule has 3 N–H and O–H groups in total. The number of sulfonamides is 1. The molecule has 0 unspecified atom stereocenters. The SMILES string of the molecule is COc1c(N)cc(S(=O)(=O)NCc2scnc2C)cc1F. The predicted molar refractivity (Wildman–Crippen MR) is 78.2 cm³/mol. The first-order valence-electron chi connectivity index (χ1n) is 5.87. The molecular formula is C12H14FN3O3S2. The van der Waals surface area contributed by atoms with Gasteiger partial charge in [-0.15, -0.1) is 11.3 Å². The number of nitrogens with zero attached hydrogens (tertiary/aromatic N) is 1. The van der Waals surface area contributed by atoms with Crippen LogP contribution < -0.4 is 15.2 Å². The van der Waals surface area contributed by atoms with Crippen molar-refractivity contribution in [3.05, 3.63) is 34.0 Å². The van der Waals surface area contributed by atoms with Crippen LogP contribution >= 0.6 is 11.3 Å². The molecule has 0 saturated carbocycles. The summed E-state index contributed by atoms with van der Waals surface area (Å²) in [6.07, 6.45) is 0. The molecule has 0 aliphatic carbocycles. The average molecular weight is 331 g/mol. The Bertz CT molecular complexity index is 736. The summed E-state index contributed by atoms with van der Waals surface area (Å²) in [5, 5.41) is 0. The second-order valence-electron chi connectivity index (χ2n) is 4.21. The van der Waals surface area contributed by atoms with Crippen LogP contribution in [0.1, 0.15) is 10.6 Å². The largest absolute Gasteiger partial charge is 0.492 e. The molecule has 0 bridgehead atoms. The molecule has 0 fully saturated rings. The van der Waals surface area contributed by atoms with E-state index in [0.29, 0.717) is 0 Å². The minimum atomic E-state index is -3.87. The second-order valence-corrected chi connectivity index (χ2v) is 6.92. The molecule has 0 spiro atoms. The van der Waals surface area contributed by atoms with Crippen LogP contribution in [0.15, 0.2) is 22.5 Å². The number of nitrogen functional groups attached to an aromatic ring is 1. The number of anilines is 1. The van der Waals surface area contributed by atoms with Gasteiger partial charge in [-0.3, -0.25) is 0 Å². The van der Waals surface area contributed by atoms with Crippen molar-refractivity contribution in [3.63, 3.8) is 0 Å². The maximum atomic E-state index is 13.7. The highest BCUT2D eigenvalue weighted by molar-refractivity contribution is 7.89. The molecule has 0 amide bonds. The fourth-order valence-electron chi connectivity index (χ4n) is 1.70. The van der Waals surface area contributed by atoms with E-state index in [1.807, 2.05) is 0 Å². The Hall–Kier alpha value is -1.71. The van der Waals surface area contributed by atoms with E-state index in [9.17, 15) is 12.8 Å². The molecular weight excluding hydrogens is 317 g/mol. The molecule has 6 nitrogen and oxygen atoms in total. The van der Waals surface area contributed by atoms with Gasteiger partial charge in [0, 0.05) is 11.4 Å². The van der Waals surface area contributed by atoms with Crippen molar-refractivity contribution in [1.82, 2.24) is 9.71 Å². The molecule has 114 valence electrons. The zero-order valence-corrected chi connectivity index (χ0v) is 13.0. The maximum absolute atomic E-state index is 13.7. The van der Waals surface area contributed by atoms with E-state index in [2.05, 4.69) is 9.71 Å². The highest BCUT2D eigenvalue weighted by Crippen LogP contribution is 2.28. The summed E-state index contributed by atoms with van der Waals surface area (Å²) in [6, 6.07) is 2.03. The maximum Gasteiger partial charge on any atom is 0.241 e. The van der Waals surface area contributed by atoms with Crippen LogP contribution in [0.5, 0.6) is 5.75 Å². The van der Waals surface area contributed by atoms with E-state index in [4.69, 9.17) is 10.5 Å². The number of nitrogens with one attached hydrogen (secondary N) is 1. The van der Waals surface area contributed by atoms with Crippen molar-refractivity contribution in [2.45, 2.75) is 18.4 Å². The number of halogens is 1. The van der Waals surface area contributed by atoms with Crippen molar-refractivity contribution in [3.8, 4) is 5.75 Å². The summed E-state index contributed by atoms with van der Waals surface area (Å²) in [6.45, 7) is 1.87. The van der Waals surface area contributed by atoms with Crippen molar-refractivity contribution < 1.29 is 17.5 Å². The van der Waals surface area contributed by atoms with Gasteiger partial charge < -0.3 is 10.5 Å². The third-order valence-electron chi connectivity index (χ3n) is 2.83. The Morgan fingerprint density at radius 3 is 2.71 bits per heavy atom. The number of nitrogens with two attached hydrogens (primary N) is 1. The van der Waals surface area contributed by atoms with E-state index in [0.717, 1.165) is 22.7 Å².